The van der Waals surface area contributed by atoms with E-state index in [0.29, 0.717) is 68.0 Å². The van der Waals surface area contributed by atoms with Gasteiger partial charge in [0.25, 0.3) is 11.8 Å². The number of ether oxygens (including phenoxy) is 4. The molecule has 2 fully saturated rings. The lowest BCUT2D eigenvalue weighted by molar-refractivity contribution is -0.138. The van der Waals surface area contributed by atoms with E-state index in [1.54, 1.807) is 78.6 Å². The standard InChI is InChI=1S/C26H29FN2O5.C19H21BrFNO3.C7H9NO2/c1-5-34-24(30)23-19(14-17(2)16-33-4)7-9-22(28-23)20-15-18(6-8-21(20)27)10-11-26(32)12-13-29(3)25(26)31;1-4-25-19(23)18-13(9-12(2)11-24-3)5-8-17(22-18)15-10-14(20)6-7-16(15)21;1-3-7(10)4-5-8(2)6(7)9/h6-9,15,17,32H,5,12-14,16H2,1-4H3;5-8,10,12H,4,9,11H2,1-3H3;1,10H,4-5H2,2H3/t17?,26-;;7-/m0.0/s1. The topological polar surface area (TPSA) is 178 Å². The number of rotatable bonds is 14. The number of likely N-dealkylation sites (tertiary alicyclic amines) is 2. The first-order chi connectivity index (χ1) is 32.7. The summed E-state index contributed by atoms with van der Waals surface area (Å²) in [7, 11) is 6.48. The highest BCUT2D eigenvalue weighted by Crippen LogP contribution is 2.29. The number of aliphatic hydroxyl groups is 2. The summed E-state index contributed by atoms with van der Waals surface area (Å²) in [5, 5.41) is 19.8. The molecule has 2 amide bonds. The fourth-order valence-corrected chi connectivity index (χ4v) is 7.78. The van der Waals surface area contributed by atoms with Crippen molar-refractivity contribution >= 4 is 39.7 Å². The lowest BCUT2D eigenvalue weighted by atomic mass is 9.98. The molecule has 2 saturated heterocycles. The number of benzene rings is 2. The second kappa shape index (κ2) is 25.5. The van der Waals surface area contributed by atoms with Crippen LogP contribution in [0.15, 0.2) is 65.1 Å². The van der Waals surface area contributed by atoms with Gasteiger partial charge in [-0.05, 0) is 98.2 Å². The maximum Gasteiger partial charge on any atom is 0.357 e. The maximum absolute atomic E-state index is 14.7. The van der Waals surface area contributed by atoms with E-state index in [0.717, 1.165) is 10.0 Å². The van der Waals surface area contributed by atoms with Crippen molar-refractivity contribution < 1.29 is 57.1 Å². The van der Waals surface area contributed by atoms with Crippen LogP contribution in [0.4, 0.5) is 8.78 Å². The number of halogens is 3. The van der Waals surface area contributed by atoms with Crippen LogP contribution in [0.2, 0.25) is 0 Å². The van der Waals surface area contributed by atoms with Crippen molar-refractivity contribution in [2.24, 2.45) is 11.8 Å². The molecular formula is C52H59BrF2N4O10. The van der Waals surface area contributed by atoms with E-state index in [9.17, 15) is 38.2 Å². The third-order valence-corrected chi connectivity index (χ3v) is 11.5. The molecule has 6 rings (SSSR count). The molecule has 2 aliphatic heterocycles. The van der Waals surface area contributed by atoms with Crippen LogP contribution in [0, 0.1) is 47.7 Å². The molecular weight excluding hydrogens is 958 g/mol. The Morgan fingerprint density at radius 2 is 1.20 bits per heavy atom. The van der Waals surface area contributed by atoms with Crippen LogP contribution in [0.5, 0.6) is 0 Å². The summed E-state index contributed by atoms with van der Waals surface area (Å²) >= 11 is 3.33. The number of hydrogen-bond acceptors (Lipinski definition) is 12. The highest BCUT2D eigenvalue weighted by molar-refractivity contribution is 9.10. The van der Waals surface area contributed by atoms with E-state index in [1.807, 2.05) is 13.8 Å². The second-order valence-corrected chi connectivity index (χ2v) is 17.7. The first kappa shape index (κ1) is 55.5. The molecule has 4 atom stereocenters. The van der Waals surface area contributed by atoms with Crippen LogP contribution >= 0.6 is 15.9 Å². The van der Waals surface area contributed by atoms with E-state index < -0.39 is 40.7 Å². The maximum atomic E-state index is 14.7. The van der Waals surface area contributed by atoms with E-state index in [2.05, 4.69) is 43.7 Å². The van der Waals surface area contributed by atoms with Gasteiger partial charge in [-0.15, -0.1) is 6.42 Å². The molecule has 2 aliphatic rings. The number of likely N-dealkylation sites (N-methyl/N-ethyl adjacent to an activating group) is 2. The molecule has 4 aromatic rings. The van der Waals surface area contributed by atoms with Gasteiger partial charge in [-0.25, -0.2) is 28.3 Å². The number of carbonyl (C=O) groups is 4. The van der Waals surface area contributed by atoms with Gasteiger partial charge in [0.2, 0.25) is 11.2 Å². The summed E-state index contributed by atoms with van der Waals surface area (Å²) in [6, 6.07) is 15.7. The highest BCUT2D eigenvalue weighted by Gasteiger charge is 2.43. The largest absolute Gasteiger partial charge is 0.461 e. The molecule has 2 aromatic carbocycles. The number of aromatic nitrogens is 2. The average molecular weight is 1020 g/mol. The number of pyridine rings is 2. The minimum atomic E-state index is -1.75. The summed E-state index contributed by atoms with van der Waals surface area (Å²) < 4.78 is 50.3. The minimum absolute atomic E-state index is 0.132. The molecule has 0 spiro atoms. The Kier molecular flexibility index (Phi) is 20.5. The van der Waals surface area contributed by atoms with Crippen LogP contribution < -0.4 is 0 Å². The van der Waals surface area contributed by atoms with Gasteiger partial charge in [-0.2, -0.15) is 0 Å². The molecule has 17 heteroatoms. The summed E-state index contributed by atoms with van der Waals surface area (Å²) in [6.45, 7) is 9.95. The first-order valence-electron chi connectivity index (χ1n) is 22.3. The summed E-state index contributed by atoms with van der Waals surface area (Å²) in [5.41, 5.74) is 0.0721. The zero-order chi connectivity index (χ0) is 51.1. The number of amides is 2. The molecule has 0 aliphatic carbocycles. The Morgan fingerprint density at radius 1 is 0.754 bits per heavy atom. The van der Waals surface area contributed by atoms with E-state index in [4.69, 9.17) is 25.4 Å². The molecule has 2 aromatic heterocycles. The molecule has 2 unspecified atom stereocenters. The van der Waals surface area contributed by atoms with Crippen molar-refractivity contribution in [2.45, 2.75) is 64.6 Å². The number of terminal acetylenes is 1. The van der Waals surface area contributed by atoms with E-state index >= 15 is 0 Å². The number of carbonyl (C=O) groups excluding carboxylic acids is 4. The SMILES string of the molecule is C#C[C@]1(O)CCN(C)C1=O.CCOC(=O)c1nc(-c2cc(Br)ccc2F)ccc1CC(C)COC.CCOC(=O)c1nc(-c2cc(C#C[C@]3(O)CCN(C)C3=O)ccc2F)ccc1CC(C)COC. The van der Waals surface area contributed by atoms with Gasteiger partial charge in [0.1, 0.15) is 11.6 Å². The Labute approximate surface area is 410 Å². The van der Waals surface area contributed by atoms with Gasteiger partial charge in [-0.3, -0.25) is 9.59 Å². The Bertz CT molecular complexity index is 2600. The molecule has 0 radical (unpaired) electrons. The van der Waals surface area contributed by atoms with E-state index in [-0.39, 0.29) is 60.0 Å². The highest BCUT2D eigenvalue weighted by atomic mass is 79.9. The minimum Gasteiger partial charge on any atom is -0.461 e. The fourth-order valence-electron chi connectivity index (χ4n) is 7.42. The summed E-state index contributed by atoms with van der Waals surface area (Å²) in [4.78, 5) is 59.7. The summed E-state index contributed by atoms with van der Waals surface area (Å²) in [5.74, 6) is 5.01. The third kappa shape index (κ3) is 14.7. The van der Waals surface area contributed by atoms with Crippen molar-refractivity contribution in [1.29, 1.82) is 0 Å². The zero-order valence-corrected chi connectivity index (χ0v) is 41.7. The third-order valence-electron chi connectivity index (χ3n) is 11.1. The van der Waals surface area contributed by atoms with Crippen molar-refractivity contribution in [3.05, 3.63) is 105 Å². The van der Waals surface area contributed by atoms with Gasteiger partial charge in [0.05, 0.1) is 24.6 Å². The van der Waals surface area contributed by atoms with Gasteiger partial charge in [0.15, 0.2) is 11.4 Å². The van der Waals surface area contributed by atoms with Gasteiger partial charge in [-0.1, -0.05) is 59.7 Å². The van der Waals surface area contributed by atoms with Crippen LogP contribution in [-0.2, 0) is 41.4 Å². The van der Waals surface area contributed by atoms with Crippen molar-refractivity contribution in [3.8, 4) is 46.7 Å². The van der Waals surface area contributed by atoms with Crippen molar-refractivity contribution in [3.63, 3.8) is 0 Å². The van der Waals surface area contributed by atoms with Crippen molar-refractivity contribution in [1.82, 2.24) is 19.8 Å². The van der Waals surface area contributed by atoms with Gasteiger partial charge >= 0.3 is 11.9 Å². The molecule has 4 heterocycles. The van der Waals surface area contributed by atoms with Gasteiger partial charge < -0.3 is 39.0 Å². The number of methoxy groups -OCH3 is 2. The van der Waals surface area contributed by atoms with Crippen LogP contribution in [0.1, 0.15) is 78.2 Å². The molecule has 2 N–H and O–H groups in total. The molecule has 69 heavy (non-hydrogen) atoms. The van der Waals surface area contributed by atoms with Crippen LogP contribution in [0.3, 0.4) is 0 Å². The average Bonchev–Trinajstić information content (AvgIpc) is 3.74. The smallest absolute Gasteiger partial charge is 0.357 e. The number of esters is 2. The van der Waals surface area contributed by atoms with Crippen LogP contribution in [0.25, 0.3) is 22.5 Å². The normalized spacial score (nSPS) is 18.1. The predicted molar refractivity (Wildman–Crippen MR) is 258 cm³/mol. The van der Waals surface area contributed by atoms with E-state index in [1.165, 1.54) is 34.1 Å². The number of nitrogens with zero attached hydrogens (tertiary/aromatic N) is 4. The fraction of sp³-hybridized carbons (Fsp3) is 0.423. The number of hydrogen-bond donors (Lipinski definition) is 2. The molecule has 0 saturated carbocycles. The van der Waals surface area contributed by atoms with Crippen LogP contribution in [-0.4, -0.2) is 133 Å². The molecule has 368 valence electrons. The first-order valence-corrected chi connectivity index (χ1v) is 23.1. The second-order valence-electron chi connectivity index (χ2n) is 16.8. The Morgan fingerprint density at radius 3 is 1.61 bits per heavy atom. The lowest BCUT2D eigenvalue weighted by Crippen LogP contribution is -2.37. The van der Waals surface area contributed by atoms with Crippen molar-refractivity contribution in [2.75, 3.05) is 67.8 Å². The quantitative estimate of drug-likeness (QED) is 0.101. The lowest BCUT2D eigenvalue weighted by Gasteiger charge is -2.14. The zero-order valence-electron chi connectivity index (χ0n) is 40.2. The Balaban J connectivity index is 0.000000258. The predicted octanol–water partition coefficient (Wildman–Crippen LogP) is 6.70. The summed E-state index contributed by atoms with van der Waals surface area (Å²) in [6.07, 6.45) is 6.69. The monoisotopic (exact) mass is 1020 g/mol. The Hall–Kier alpha value is -6.08. The van der Waals surface area contributed by atoms with Gasteiger partial charge in [0, 0.05) is 88.6 Å². The molecule has 14 nitrogen and oxygen atoms in total. The molecule has 0 bridgehead atoms.